The van der Waals surface area contributed by atoms with E-state index < -0.39 is 5.97 Å². The van der Waals surface area contributed by atoms with Crippen LogP contribution in [0.25, 0.3) is 0 Å². The minimum Gasteiger partial charge on any atom is -0.423 e. The van der Waals surface area contributed by atoms with Crippen molar-refractivity contribution in [2.75, 3.05) is 4.90 Å². The molecular weight excluding hydrogens is 366 g/mol. The second-order valence-electron chi connectivity index (χ2n) is 6.90. The van der Waals surface area contributed by atoms with E-state index in [1.54, 1.807) is 48.5 Å². The maximum atomic E-state index is 12.7. The van der Waals surface area contributed by atoms with Gasteiger partial charge in [0, 0.05) is 11.1 Å². The number of halogens is 1. The lowest BCUT2D eigenvalue weighted by Gasteiger charge is -2.19. The number of carbonyl (C=O) groups is 3. The van der Waals surface area contributed by atoms with Gasteiger partial charge in [0.2, 0.25) is 11.8 Å². The molecule has 0 aromatic heterocycles. The highest BCUT2D eigenvalue weighted by atomic mass is 35.5. The lowest BCUT2D eigenvalue weighted by molar-refractivity contribution is -0.122. The number of hydrogen-bond donors (Lipinski definition) is 0. The molecule has 2 amide bonds. The first-order chi connectivity index (χ1) is 13.0. The van der Waals surface area contributed by atoms with Crippen LogP contribution in [-0.2, 0) is 9.59 Å². The van der Waals surface area contributed by atoms with E-state index in [4.69, 9.17) is 16.3 Å². The van der Waals surface area contributed by atoms with E-state index >= 15 is 0 Å². The lowest BCUT2D eigenvalue weighted by Crippen LogP contribution is -2.30. The molecule has 6 heteroatoms. The fourth-order valence-corrected chi connectivity index (χ4v) is 3.98. The van der Waals surface area contributed by atoms with Crippen molar-refractivity contribution in [3.8, 4) is 5.75 Å². The van der Waals surface area contributed by atoms with E-state index in [1.807, 2.05) is 0 Å². The van der Waals surface area contributed by atoms with Crippen molar-refractivity contribution in [3.05, 3.63) is 59.1 Å². The van der Waals surface area contributed by atoms with E-state index in [0.717, 1.165) is 25.7 Å². The molecule has 0 N–H and O–H groups in total. The molecule has 138 valence electrons. The molecule has 0 unspecified atom stereocenters. The van der Waals surface area contributed by atoms with Crippen molar-refractivity contribution in [3.63, 3.8) is 0 Å². The van der Waals surface area contributed by atoms with Crippen molar-refractivity contribution in [1.29, 1.82) is 0 Å². The van der Waals surface area contributed by atoms with Gasteiger partial charge >= 0.3 is 5.97 Å². The van der Waals surface area contributed by atoms with E-state index in [9.17, 15) is 14.4 Å². The smallest absolute Gasteiger partial charge is 0.343 e. The van der Waals surface area contributed by atoms with Crippen molar-refractivity contribution >= 4 is 35.1 Å². The topological polar surface area (TPSA) is 63.7 Å². The van der Waals surface area contributed by atoms with Gasteiger partial charge in [0.1, 0.15) is 5.75 Å². The van der Waals surface area contributed by atoms with E-state index in [-0.39, 0.29) is 29.4 Å². The molecule has 2 atom stereocenters. The fourth-order valence-electron chi connectivity index (χ4n) is 3.85. The lowest BCUT2D eigenvalue weighted by atomic mass is 9.81. The molecule has 5 nitrogen and oxygen atoms in total. The third-order valence-corrected chi connectivity index (χ3v) is 5.46. The first-order valence-corrected chi connectivity index (χ1v) is 9.38. The zero-order valence-corrected chi connectivity index (χ0v) is 15.3. The minimum absolute atomic E-state index is 0.147. The number of amides is 2. The highest BCUT2D eigenvalue weighted by Crippen LogP contribution is 2.40. The van der Waals surface area contributed by atoms with Crippen LogP contribution in [0.2, 0.25) is 5.02 Å². The van der Waals surface area contributed by atoms with E-state index in [2.05, 4.69) is 0 Å². The largest absolute Gasteiger partial charge is 0.423 e. The van der Waals surface area contributed by atoms with Gasteiger partial charge in [0.25, 0.3) is 0 Å². The quantitative estimate of drug-likeness (QED) is 0.452. The summed E-state index contributed by atoms with van der Waals surface area (Å²) >= 11 is 5.83. The van der Waals surface area contributed by atoms with Gasteiger partial charge in [-0.2, -0.15) is 0 Å². The third-order valence-electron chi connectivity index (χ3n) is 5.21. The normalized spacial score (nSPS) is 21.9. The molecule has 2 aliphatic rings. The van der Waals surface area contributed by atoms with Gasteiger partial charge in [-0.05, 0) is 49.2 Å². The van der Waals surface area contributed by atoms with Gasteiger partial charge in [-0.15, -0.1) is 0 Å². The Balaban J connectivity index is 1.56. The molecule has 1 saturated heterocycles. The SMILES string of the molecule is O=C(Oc1cccc(N2C(=O)[C@@H]3CCCC[C@H]3C2=O)c1)c1ccc(Cl)cc1. The number of anilines is 1. The van der Waals surface area contributed by atoms with E-state index in [0.29, 0.717) is 16.3 Å². The molecule has 2 aromatic carbocycles. The first kappa shape index (κ1) is 17.7. The molecule has 0 radical (unpaired) electrons. The Morgan fingerprint density at radius 2 is 1.59 bits per heavy atom. The number of imide groups is 1. The summed E-state index contributed by atoms with van der Waals surface area (Å²) in [6.45, 7) is 0. The number of ether oxygens (including phenoxy) is 1. The Labute approximate surface area is 161 Å². The summed E-state index contributed by atoms with van der Waals surface area (Å²) in [5.74, 6) is -0.978. The van der Waals surface area contributed by atoms with E-state index in [1.165, 1.54) is 4.90 Å². The van der Waals surface area contributed by atoms with Crippen LogP contribution in [0.3, 0.4) is 0 Å². The standard InChI is InChI=1S/C21H18ClNO4/c22-14-10-8-13(9-11-14)21(26)27-16-5-3-4-15(12-16)23-19(24)17-6-1-2-7-18(17)20(23)25/h3-5,8-12,17-18H,1-2,6-7H2/t17-,18-/m1/s1. The molecule has 2 fully saturated rings. The molecule has 1 heterocycles. The predicted molar refractivity (Wildman–Crippen MR) is 101 cm³/mol. The summed E-state index contributed by atoms with van der Waals surface area (Å²) in [4.78, 5) is 39.0. The summed E-state index contributed by atoms with van der Waals surface area (Å²) in [6.07, 6.45) is 3.48. The number of esters is 1. The Bertz CT molecular complexity index is 885. The molecule has 1 aliphatic carbocycles. The number of benzene rings is 2. The zero-order valence-electron chi connectivity index (χ0n) is 14.6. The second kappa shape index (κ2) is 7.16. The van der Waals surface area contributed by atoms with Crippen LogP contribution in [-0.4, -0.2) is 17.8 Å². The van der Waals surface area contributed by atoms with Crippen LogP contribution >= 0.6 is 11.6 Å². The Hall–Kier alpha value is -2.66. The summed E-state index contributed by atoms with van der Waals surface area (Å²) in [7, 11) is 0. The summed E-state index contributed by atoms with van der Waals surface area (Å²) in [6, 6.07) is 12.9. The monoisotopic (exact) mass is 383 g/mol. The van der Waals surface area contributed by atoms with Crippen molar-refractivity contribution in [2.45, 2.75) is 25.7 Å². The van der Waals surface area contributed by atoms with Gasteiger partial charge in [-0.1, -0.05) is 30.5 Å². The number of nitrogens with zero attached hydrogens (tertiary/aromatic N) is 1. The van der Waals surface area contributed by atoms with Gasteiger partial charge < -0.3 is 4.74 Å². The number of rotatable bonds is 3. The summed E-state index contributed by atoms with van der Waals surface area (Å²) < 4.78 is 5.40. The average Bonchev–Trinajstić information content (AvgIpc) is 2.93. The maximum Gasteiger partial charge on any atom is 0.343 e. The van der Waals surface area contributed by atoms with Crippen molar-refractivity contribution in [2.24, 2.45) is 11.8 Å². The van der Waals surface area contributed by atoms with Crippen LogP contribution < -0.4 is 9.64 Å². The Morgan fingerprint density at radius 1 is 0.963 bits per heavy atom. The molecule has 0 spiro atoms. The maximum absolute atomic E-state index is 12.7. The molecule has 0 bridgehead atoms. The summed E-state index contributed by atoms with van der Waals surface area (Å²) in [5, 5.41) is 0.529. The van der Waals surface area contributed by atoms with Crippen molar-refractivity contribution in [1.82, 2.24) is 0 Å². The molecule has 27 heavy (non-hydrogen) atoms. The van der Waals surface area contributed by atoms with Gasteiger partial charge in [0.05, 0.1) is 23.1 Å². The first-order valence-electron chi connectivity index (χ1n) is 9.00. The molecule has 4 rings (SSSR count). The highest BCUT2D eigenvalue weighted by molar-refractivity contribution is 6.30. The van der Waals surface area contributed by atoms with Crippen molar-refractivity contribution < 1.29 is 19.1 Å². The van der Waals surface area contributed by atoms with Crippen LogP contribution in [0.1, 0.15) is 36.0 Å². The Kier molecular flexibility index (Phi) is 4.70. The van der Waals surface area contributed by atoms with Crippen LogP contribution in [0.4, 0.5) is 5.69 Å². The molecule has 1 saturated carbocycles. The Morgan fingerprint density at radius 3 is 2.22 bits per heavy atom. The third kappa shape index (κ3) is 3.35. The van der Waals surface area contributed by atoms with Crippen LogP contribution in [0.5, 0.6) is 5.75 Å². The zero-order chi connectivity index (χ0) is 19.0. The number of carbonyl (C=O) groups excluding carboxylic acids is 3. The number of fused-ring (bicyclic) bond motifs is 1. The molecule has 1 aliphatic heterocycles. The van der Waals surface area contributed by atoms with Gasteiger partial charge in [-0.25, -0.2) is 9.69 Å². The van der Waals surface area contributed by atoms with Crippen LogP contribution in [0, 0.1) is 11.8 Å². The van der Waals surface area contributed by atoms with Crippen LogP contribution in [0.15, 0.2) is 48.5 Å². The summed E-state index contributed by atoms with van der Waals surface area (Å²) in [5.41, 5.74) is 0.810. The highest BCUT2D eigenvalue weighted by Gasteiger charge is 2.48. The van der Waals surface area contributed by atoms with Gasteiger partial charge in [0.15, 0.2) is 0 Å². The average molecular weight is 384 g/mol. The predicted octanol–water partition coefficient (Wildman–Crippen LogP) is 4.24. The van der Waals surface area contributed by atoms with Gasteiger partial charge in [-0.3, -0.25) is 9.59 Å². The fraction of sp³-hybridized carbons (Fsp3) is 0.286. The molecular formula is C21H18ClNO4. The minimum atomic E-state index is -0.531. The second-order valence-corrected chi connectivity index (χ2v) is 7.34. The molecule has 2 aromatic rings. The number of hydrogen-bond acceptors (Lipinski definition) is 4.